The monoisotopic (exact) mass is 351 g/mol. The van der Waals surface area contributed by atoms with Crippen LogP contribution in [0.25, 0.3) is 10.8 Å². The minimum atomic E-state index is -0.577. The molecule has 1 amide bonds. The molecule has 0 aliphatic rings. The maximum Gasteiger partial charge on any atom is 0.417 e. The van der Waals surface area contributed by atoms with Crippen LogP contribution in [0.1, 0.15) is 13.8 Å². The van der Waals surface area contributed by atoms with Crippen LogP contribution >= 0.6 is 0 Å². The fourth-order valence-electron chi connectivity index (χ4n) is 2.69. The number of hydrogen-bond donors (Lipinski definition) is 1. The Bertz CT molecular complexity index is 893. The lowest BCUT2D eigenvalue weighted by Gasteiger charge is -2.16. The average Bonchev–Trinajstić information content (AvgIpc) is 2.66. The SMILES string of the molecule is CCOc1cc(OCC)c2ccccc2c1OC(=O)Nc1ccccc1. The molecule has 5 heteroatoms. The molecule has 26 heavy (non-hydrogen) atoms. The Morgan fingerprint density at radius 3 is 2.15 bits per heavy atom. The number of nitrogens with one attached hydrogen (secondary N) is 1. The van der Waals surface area contributed by atoms with Crippen molar-refractivity contribution < 1.29 is 19.0 Å². The van der Waals surface area contributed by atoms with Gasteiger partial charge >= 0.3 is 6.09 Å². The summed E-state index contributed by atoms with van der Waals surface area (Å²) in [6.07, 6.45) is -0.577. The van der Waals surface area contributed by atoms with E-state index in [2.05, 4.69) is 5.32 Å². The topological polar surface area (TPSA) is 56.8 Å². The minimum absolute atomic E-state index is 0.374. The molecule has 3 rings (SSSR count). The Kier molecular flexibility index (Phi) is 5.59. The van der Waals surface area contributed by atoms with Gasteiger partial charge in [0.1, 0.15) is 5.75 Å². The predicted molar refractivity (Wildman–Crippen MR) is 102 cm³/mol. The zero-order chi connectivity index (χ0) is 18.4. The predicted octanol–water partition coefficient (Wildman–Crippen LogP) is 5.25. The minimum Gasteiger partial charge on any atom is -0.493 e. The molecule has 0 aromatic heterocycles. The van der Waals surface area contributed by atoms with Crippen molar-refractivity contribution in [3.8, 4) is 17.2 Å². The number of hydrogen-bond acceptors (Lipinski definition) is 4. The second-order valence-electron chi connectivity index (χ2n) is 5.49. The molecule has 0 heterocycles. The van der Waals surface area contributed by atoms with Crippen molar-refractivity contribution in [3.05, 3.63) is 60.7 Å². The summed E-state index contributed by atoms with van der Waals surface area (Å²) in [7, 11) is 0. The number of benzene rings is 3. The molecule has 0 atom stereocenters. The van der Waals surface area contributed by atoms with Gasteiger partial charge in [-0.3, -0.25) is 5.32 Å². The number of rotatable bonds is 6. The van der Waals surface area contributed by atoms with Crippen LogP contribution < -0.4 is 19.5 Å². The molecular weight excluding hydrogens is 330 g/mol. The Morgan fingerprint density at radius 1 is 0.846 bits per heavy atom. The van der Waals surface area contributed by atoms with E-state index in [1.54, 1.807) is 18.2 Å². The van der Waals surface area contributed by atoms with Crippen LogP contribution in [0.4, 0.5) is 10.5 Å². The number of ether oxygens (including phenoxy) is 3. The first-order valence-corrected chi connectivity index (χ1v) is 8.58. The van der Waals surface area contributed by atoms with Crippen LogP contribution in [0.5, 0.6) is 17.2 Å². The Balaban J connectivity index is 1.99. The third kappa shape index (κ3) is 3.88. The Labute approximate surface area is 152 Å². The van der Waals surface area contributed by atoms with E-state index in [-0.39, 0.29) is 0 Å². The van der Waals surface area contributed by atoms with Crippen LogP contribution in [0.2, 0.25) is 0 Å². The Morgan fingerprint density at radius 2 is 1.46 bits per heavy atom. The van der Waals surface area contributed by atoms with E-state index in [0.29, 0.717) is 36.1 Å². The van der Waals surface area contributed by atoms with Gasteiger partial charge in [0.05, 0.1) is 13.2 Å². The smallest absolute Gasteiger partial charge is 0.417 e. The quantitative estimate of drug-likeness (QED) is 0.659. The molecule has 1 N–H and O–H groups in total. The second kappa shape index (κ2) is 8.25. The van der Waals surface area contributed by atoms with E-state index in [9.17, 15) is 4.79 Å². The van der Waals surface area contributed by atoms with Crippen molar-refractivity contribution >= 4 is 22.6 Å². The van der Waals surface area contributed by atoms with E-state index in [1.807, 2.05) is 56.3 Å². The number of para-hydroxylation sites is 1. The fourth-order valence-corrected chi connectivity index (χ4v) is 2.69. The molecule has 0 unspecified atom stereocenters. The van der Waals surface area contributed by atoms with Gasteiger partial charge in [0, 0.05) is 22.5 Å². The molecule has 3 aromatic carbocycles. The normalized spacial score (nSPS) is 10.4. The highest BCUT2D eigenvalue weighted by Crippen LogP contribution is 2.41. The molecule has 0 radical (unpaired) electrons. The van der Waals surface area contributed by atoms with Crippen molar-refractivity contribution in [3.63, 3.8) is 0 Å². The molecule has 3 aromatic rings. The first-order valence-electron chi connectivity index (χ1n) is 8.58. The number of fused-ring (bicyclic) bond motifs is 1. The molecule has 0 aliphatic heterocycles. The van der Waals surface area contributed by atoms with Gasteiger partial charge in [0.25, 0.3) is 0 Å². The summed E-state index contributed by atoms with van der Waals surface area (Å²) in [5, 5.41) is 4.33. The molecule has 0 aliphatic carbocycles. The molecule has 0 saturated heterocycles. The van der Waals surface area contributed by atoms with E-state index >= 15 is 0 Å². The van der Waals surface area contributed by atoms with Crippen LogP contribution in [-0.2, 0) is 0 Å². The molecule has 134 valence electrons. The average molecular weight is 351 g/mol. The maximum absolute atomic E-state index is 12.4. The summed E-state index contributed by atoms with van der Waals surface area (Å²) < 4.78 is 17.0. The summed E-state index contributed by atoms with van der Waals surface area (Å²) in [5.74, 6) is 1.54. The van der Waals surface area contributed by atoms with Crippen molar-refractivity contribution in [2.24, 2.45) is 0 Å². The molecule has 0 saturated carbocycles. The lowest BCUT2D eigenvalue weighted by Crippen LogP contribution is -2.17. The highest BCUT2D eigenvalue weighted by molar-refractivity contribution is 5.98. The summed E-state index contributed by atoms with van der Waals surface area (Å²) in [5.41, 5.74) is 0.658. The molecule has 0 fully saturated rings. The third-order valence-corrected chi connectivity index (χ3v) is 3.74. The first kappa shape index (κ1) is 17.6. The molecule has 0 spiro atoms. The van der Waals surface area contributed by atoms with Gasteiger partial charge in [-0.05, 0) is 26.0 Å². The largest absolute Gasteiger partial charge is 0.493 e. The van der Waals surface area contributed by atoms with Crippen LogP contribution in [0.15, 0.2) is 60.7 Å². The standard InChI is InChI=1S/C21H21NO4/c1-3-24-18-14-19(25-4-2)20(17-13-9-8-12-16(17)18)26-21(23)22-15-10-6-5-7-11-15/h5-14H,3-4H2,1-2H3,(H,22,23). The Hall–Kier alpha value is -3.21. The number of amides is 1. The summed E-state index contributed by atoms with van der Waals surface area (Å²) in [4.78, 5) is 12.4. The lowest BCUT2D eigenvalue weighted by atomic mass is 10.1. The number of carbonyl (C=O) groups is 1. The third-order valence-electron chi connectivity index (χ3n) is 3.74. The lowest BCUT2D eigenvalue weighted by molar-refractivity contribution is 0.212. The van der Waals surface area contributed by atoms with Gasteiger partial charge in [-0.2, -0.15) is 0 Å². The van der Waals surface area contributed by atoms with Gasteiger partial charge in [-0.1, -0.05) is 42.5 Å². The van der Waals surface area contributed by atoms with Crippen LogP contribution in [0, 0.1) is 0 Å². The summed E-state index contributed by atoms with van der Waals surface area (Å²) >= 11 is 0. The maximum atomic E-state index is 12.4. The highest BCUT2D eigenvalue weighted by atomic mass is 16.6. The van der Waals surface area contributed by atoms with Crippen molar-refractivity contribution in [1.29, 1.82) is 0 Å². The van der Waals surface area contributed by atoms with Crippen LogP contribution in [-0.4, -0.2) is 19.3 Å². The van der Waals surface area contributed by atoms with E-state index in [0.717, 1.165) is 10.8 Å². The number of carbonyl (C=O) groups excluding carboxylic acids is 1. The van der Waals surface area contributed by atoms with Gasteiger partial charge in [-0.25, -0.2) is 4.79 Å². The zero-order valence-corrected chi connectivity index (χ0v) is 14.8. The van der Waals surface area contributed by atoms with E-state index < -0.39 is 6.09 Å². The highest BCUT2D eigenvalue weighted by Gasteiger charge is 2.18. The molecule has 5 nitrogen and oxygen atoms in total. The summed E-state index contributed by atoms with van der Waals surface area (Å²) in [6, 6.07) is 18.5. The van der Waals surface area contributed by atoms with Gasteiger partial charge in [0.15, 0.2) is 11.5 Å². The van der Waals surface area contributed by atoms with Gasteiger partial charge in [0.2, 0.25) is 0 Å². The van der Waals surface area contributed by atoms with Gasteiger partial charge in [-0.15, -0.1) is 0 Å². The fraction of sp³-hybridized carbons (Fsp3) is 0.190. The van der Waals surface area contributed by atoms with Crippen molar-refractivity contribution in [2.45, 2.75) is 13.8 Å². The van der Waals surface area contributed by atoms with E-state index in [4.69, 9.17) is 14.2 Å². The number of anilines is 1. The molecular formula is C21H21NO4. The van der Waals surface area contributed by atoms with Crippen molar-refractivity contribution in [1.82, 2.24) is 0 Å². The first-order chi connectivity index (χ1) is 12.7. The molecule has 0 bridgehead atoms. The van der Waals surface area contributed by atoms with Gasteiger partial charge < -0.3 is 14.2 Å². The van der Waals surface area contributed by atoms with Crippen molar-refractivity contribution in [2.75, 3.05) is 18.5 Å². The zero-order valence-electron chi connectivity index (χ0n) is 14.8. The second-order valence-corrected chi connectivity index (χ2v) is 5.49. The van der Waals surface area contributed by atoms with Crippen LogP contribution in [0.3, 0.4) is 0 Å². The summed E-state index contributed by atoms with van der Waals surface area (Å²) in [6.45, 7) is 4.78. The van der Waals surface area contributed by atoms with E-state index in [1.165, 1.54) is 0 Å².